The number of hydrogen-bond donors (Lipinski definition) is 1. The number of anilines is 2. The number of rotatable bonds is 5. The van der Waals surface area contributed by atoms with E-state index in [-0.39, 0.29) is 18.9 Å². The van der Waals surface area contributed by atoms with E-state index in [2.05, 4.69) is 5.32 Å². The Kier molecular flexibility index (Phi) is 5.99. The molecule has 28 heavy (non-hydrogen) atoms. The number of hydrogen-bond acceptors (Lipinski definition) is 4. The van der Waals surface area contributed by atoms with Crippen LogP contribution in [0.2, 0.25) is 5.02 Å². The van der Waals surface area contributed by atoms with E-state index in [0.29, 0.717) is 16.4 Å². The van der Waals surface area contributed by atoms with E-state index in [1.54, 1.807) is 24.3 Å². The maximum Gasteiger partial charge on any atom is 0.311 e. The summed E-state index contributed by atoms with van der Waals surface area (Å²) in [7, 11) is 0. The van der Waals surface area contributed by atoms with Crippen molar-refractivity contribution in [3.63, 3.8) is 0 Å². The summed E-state index contributed by atoms with van der Waals surface area (Å²) in [6.45, 7) is 3.67. The van der Waals surface area contributed by atoms with E-state index in [4.69, 9.17) is 16.3 Å². The number of carbonyl (C=O) groups is 3. The molecule has 0 radical (unpaired) electrons. The lowest BCUT2D eigenvalue weighted by atomic mass is 10.1. The quantitative estimate of drug-likeness (QED) is 0.779. The molecule has 1 saturated heterocycles. The molecule has 0 bridgehead atoms. The third kappa shape index (κ3) is 4.70. The molecule has 6 nitrogen and oxygen atoms in total. The summed E-state index contributed by atoms with van der Waals surface area (Å²) in [4.78, 5) is 38.1. The van der Waals surface area contributed by atoms with Gasteiger partial charge in [-0.15, -0.1) is 0 Å². The predicted octanol–water partition coefficient (Wildman–Crippen LogP) is 3.49. The fourth-order valence-corrected chi connectivity index (χ4v) is 3.34. The van der Waals surface area contributed by atoms with Crippen LogP contribution in [0.5, 0.6) is 0 Å². The van der Waals surface area contributed by atoms with E-state index in [1.165, 1.54) is 4.90 Å². The maximum atomic E-state index is 12.3. The lowest BCUT2D eigenvalue weighted by molar-refractivity contribution is -0.151. The van der Waals surface area contributed by atoms with Crippen molar-refractivity contribution in [2.45, 2.75) is 20.3 Å². The summed E-state index contributed by atoms with van der Waals surface area (Å²) in [5, 5.41) is 3.24. The Balaban J connectivity index is 1.53. The SMILES string of the molecule is Cc1ccc(NC(=O)COC(=O)[C@H]2CC(=O)N(c3cccc(Cl)c3)C2)c(C)c1. The number of benzene rings is 2. The summed E-state index contributed by atoms with van der Waals surface area (Å²) in [6.07, 6.45) is 0.0457. The van der Waals surface area contributed by atoms with E-state index >= 15 is 0 Å². The van der Waals surface area contributed by atoms with Crippen molar-refractivity contribution in [1.82, 2.24) is 0 Å². The van der Waals surface area contributed by atoms with Gasteiger partial charge in [0.15, 0.2) is 6.61 Å². The molecule has 1 aliphatic rings. The second-order valence-corrected chi connectivity index (χ2v) is 7.30. The molecular weight excluding hydrogens is 380 g/mol. The van der Waals surface area contributed by atoms with Crippen LogP contribution >= 0.6 is 11.6 Å². The molecule has 7 heteroatoms. The van der Waals surface area contributed by atoms with Crippen LogP contribution in [0, 0.1) is 19.8 Å². The Labute approximate surface area is 168 Å². The van der Waals surface area contributed by atoms with Crippen LogP contribution in [-0.4, -0.2) is 30.9 Å². The summed E-state index contributed by atoms with van der Waals surface area (Å²) >= 11 is 5.97. The fourth-order valence-electron chi connectivity index (χ4n) is 3.15. The van der Waals surface area contributed by atoms with Gasteiger partial charge in [-0.2, -0.15) is 0 Å². The number of carbonyl (C=O) groups excluding carboxylic acids is 3. The van der Waals surface area contributed by atoms with Gasteiger partial charge in [0, 0.05) is 29.4 Å². The molecule has 1 fully saturated rings. The molecule has 1 atom stereocenters. The topological polar surface area (TPSA) is 75.7 Å². The van der Waals surface area contributed by atoms with Gasteiger partial charge in [0.25, 0.3) is 5.91 Å². The van der Waals surface area contributed by atoms with Gasteiger partial charge in [-0.25, -0.2) is 0 Å². The van der Waals surface area contributed by atoms with Crippen molar-refractivity contribution in [1.29, 1.82) is 0 Å². The highest BCUT2D eigenvalue weighted by molar-refractivity contribution is 6.31. The van der Waals surface area contributed by atoms with Crippen LogP contribution in [0.15, 0.2) is 42.5 Å². The normalized spacial score (nSPS) is 16.2. The van der Waals surface area contributed by atoms with Crippen molar-refractivity contribution >= 4 is 40.8 Å². The van der Waals surface area contributed by atoms with Gasteiger partial charge < -0.3 is 15.0 Å². The minimum absolute atomic E-state index is 0.0457. The minimum Gasteiger partial charge on any atom is -0.455 e. The summed E-state index contributed by atoms with van der Waals surface area (Å²) in [6, 6.07) is 12.5. The van der Waals surface area contributed by atoms with Crippen molar-refractivity contribution in [3.8, 4) is 0 Å². The lowest BCUT2D eigenvalue weighted by Gasteiger charge is -2.16. The molecule has 2 aromatic carbocycles. The fraction of sp³-hybridized carbons (Fsp3) is 0.286. The number of esters is 1. The van der Waals surface area contributed by atoms with Gasteiger partial charge >= 0.3 is 5.97 Å². The number of ether oxygens (including phenoxy) is 1. The van der Waals surface area contributed by atoms with Crippen LogP contribution in [-0.2, 0) is 19.1 Å². The molecule has 3 rings (SSSR count). The number of aryl methyl sites for hydroxylation is 2. The molecule has 1 aliphatic heterocycles. The average Bonchev–Trinajstić information content (AvgIpc) is 3.04. The molecule has 0 spiro atoms. The third-order valence-corrected chi connectivity index (χ3v) is 4.81. The number of nitrogens with one attached hydrogen (secondary N) is 1. The third-order valence-electron chi connectivity index (χ3n) is 4.58. The van der Waals surface area contributed by atoms with Gasteiger partial charge in [0.05, 0.1) is 5.92 Å². The molecule has 0 saturated carbocycles. The van der Waals surface area contributed by atoms with Crippen LogP contribution < -0.4 is 10.2 Å². The van der Waals surface area contributed by atoms with Crippen molar-refractivity contribution in [2.75, 3.05) is 23.4 Å². The van der Waals surface area contributed by atoms with Gasteiger partial charge in [0.1, 0.15) is 0 Å². The Hall–Kier alpha value is -2.86. The van der Waals surface area contributed by atoms with Crippen LogP contribution in [0.1, 0.15) is 17.5 Å². The summed E-state index contributed by atoms with van der Waals surface area (Å²) < 4.78 is 5.12. The molecule has 0 aliphatic carbocycles. The van der Waals surface area contributed by atoms with Crippen molar-refractivity contribution in [2.24, 2.45) is 5.92 Å². The largest absolute Gasteiger partial charge is 0.455 e. The predicted molar refractivity (Wildman–Crippen MR) is 107 cm³/mol. The summed E-state index contributed by atoms with van der Waals surface area (Å²) in [5.41, 5.74) is 3.34. The van der Waals surface area contributed by atoms with Crippen molar-refractivity contribution < 1.29 is 19.1 Å². The first-order valence-corrected chi connectivity index (χ1v) is 9.31. The number of halogens is 1. The van der Waals surface area contributed by atoms with Gasteiger partial charge in [0.2, 0.25) is 5.91 Å². The lowest BCUT2D eigenvalue weighted by Crippen LogP contribution is -2.28. The minimum atomic E-state index is -0.611. The summed E-state index contributed by atoms with van der Waals surface area (Å²) in [5.74, 6) is -1.77. The number of amides is 2. The van der Waals surface area contributed by atoms with Crippen LogP contribution in [0.3, 0.4) is 0 Å². The molecule has 146 valence electrons. The Morgan fingerprint density at radius 3 is 2.71 bits per heavy atom. The van der Waals surface area contributed by atoms with E-state index < -0.39 is 24.4 Å². The zero-order valence-electron chi connectivity index (χ0n) is 15.7. The molecule has 0 unspecified atom stereocenters. The highest BCUT2D eigenvalue weighted by atomic mass is 35.5. The zero-order valence-corrected chi connectivity index (χ0v) is 16.5. The standard InChI is InChI=1S/C21H21ClN2O4/c1-13-6-7-18(14(2)8-13)23-19(25)12-28-21(27)15-9-20(26)24(11-15)17-5-3-4-16(22)10-17/h3-8,10,15H,9,11-12H2,1-2H3,(H,23,25)/t15-/m0/s1. The molecule has 2 aromatic rings. The number of nitrogens with zero attached hydrogens (tertiary/aromatic N) is 1. The van der Waals surface area contributed by atoms with Crippen LogP contribution in [0.4, 0.5) is 11.4 Å². The molecule has 1 N–H and O–H groups in total. The second kappa shape index (κ2) is 8.44. The Morgan fingerprint density at radius 1 is 1.21 bits per heavy atom. The molecule has 2 amide bonds. The van der Waals surface area contributed by atoms with Gasteiger partial charge in [-0.05, 0) is 43.7 Å². The molecule has 1 heterocycles. The Morgan fingerprint density at radius 2 is 2.00 bits per heavy atom. The first kappa shape index (κ1) is 19.9. The van der Waals surface area contributed by atoms with Crippen molar-refractivity contribution in [3.05, 3.63) is 58.6 Å². The highest BCUT2D eigenvalue weighted by Gasteiger charge is 2.36. The smallest absolute Gasteiger partial charge is 0.311 e. The van der Waals surface area contributed by atoms with Crippen LogP contribution in [0.25, 0.3) is 0 Å². The van der Waals surface area contributed by atoms with E-state index in [9.17, 15) is 14.4 Å². The first-order valence-electron chi connectivity index (χ1n) is 8.93. The Bertz CT molecular complexity index is 928. The zero-order chi connectivity index (χ0) is 20.3. The highest BCUT2D eigenvalue weighted by Crippen LogP contribution is 2.27. The van der Waals surface area contributed by atoms with Gasteiger partial charge in [-0.3, -0.25) is 14.4 Å². The molecular formula is C21H21ClN2O4. The maximum absolute atomic E-state index is 12.3. The second-order valence-electron chi connectivity index (χ2n) is 6.86. The van der Waals surface area contributed by atoms with E-state index in [0.717, 1.165) is 11.1 Å². The van der Waals surface area contributed by atoms with Gasteiger partial charge in [-0.1, -0.05) is 35.4 Å². The average molecular weight is 401 g/mol. The molecule has 0 aromatic heterocycles. The first-order chi connectivity index (χ1) is 13.3. The monoisotopic (exact) mass is 400 g/mol. The van der Waals surface area contributed by atoms with E-state index in [1.807, 2.05) is 32.0 Å².